The van der Waals surface area contributed by atoms with Gasteiger partial charge in [0.05, 0.1) is 6.10 Å². The number of aliphatic hydroxyl groups is 1. The Kier molecular flexibility index (Phi) is 5.23. The summed E-state index contributed by atoms with van der Waals surface area (Å²) in [5.41, 5.74) is 2.67. The summed E-state index contributed by atoms with van der Waals surface area (Å²) < 4.78 is 0. The Balaban J connectivity index is 2.25. The molecule has 0 bridgehead atoms. The number of β-amino-alcohol motifs (C(OH)–C–C–N with tert-alkyl or cyclic N) is 1. The molecule has 0 amide bonds. The average Bonchev–Trinajstić information content (AvgIpc) is 2.60. The SMILES string of the molecule is CCNC1CCCN(CC(O)CC)c2ccccc21. The van der Waals surface area contributed by atoms with E-state index in [-0.39, 0.29) is 6.10 Å². The molecule has 2 unspecified atom stereocenters. The molecule has 2 rings (SSSR count). The highest BCUT2D eigenvalue weighted by Gasteiger charge is 2.22. The Morgan fingerprint density at radius 2 is 2.16 bits per heavy atom. The van der Waals surface area contributed by atoms with Crippen LogP contribution in [0.3, 0.4) is 0 Å². The van der Waals surface area contributed by atoms with E-state index in [1.165, 1.54) is 24.1 Å². The summed E-state index contributed by atoms with van der Waals surface area (Å²) in [5.74, 6) is 0. The summed E-state index contributed by atoms with van der Waals surface area (Å²) in [6.07, 6.45) is 2.92. The third-order valence-corrected chi connectivity index (χ3v) is 3.93. The molecule has 0 radical (unpaired) electrons. The van der Waals surface area contributed by atoms with Crippen molar-refractivity contribution in [3.63, 3.8) is 0 Å². The Bertz CT molecular complexity index is 394. The number of aliphatic hydroxyl groups excluding tert-OH is 1. The number of anilines is 1. The van der Waals surface area contributed by atoms with Crippen LogP contribution in [0.15, 0.2) is 24.3 Å². The van der Waals surface area contributed by atoms with Crippen molar-refractivity contribution in [3.05, 3.63) is 29.8 Å². The minimum absolute atomic E-state index is 0.233. The second kappa shape index (κ2) is 6.92. The van der Waals surface area contributed by atoms with Gasteiger partial charge in [-0.25, -0.2) is 0 Å². The fourth-order valence-corrected chi connectivity index (χ4v) is 2.86. The molecule has 19 heavy (non-hydrogen) atoms. The summed E-state index contributed by atoms with van der Waals surface area (Å²) in [5, 5.41) is 13.5. The lowest BCUT2D eigenvalue weighted by molar-refractivity contribution is 0.175. The van der Waals surface area contributed by atoms with Gasteiger partial charge < -0.3 is 15.3 Å². The summed E-state index contributed by atoms with van der Waals surface area (Å²) in [4.78, 5) is 2.35. The smallest absolute Gasteiger partial charge is 0.0712 e. The number of benzene rings is 1. The minimum Gasteiger partial charge on any atom is -0.391 e. The van der Waals surface area contributed by atoms with Crippen LogP contribution in [0.4, 0.5) is 5.69 Å². The van der Waals surface area contributed by atoms with Crippen LogP contribution >= 0.6 is 0 Å². The third-order valence-electron chi connectivity index (χ3n) is 3.93. The summed E-state index contributed by atoms with van der Waals surface area (Å²) in [6.45, 7) is 6.97. The lowest BCUT2D eigenvalue weighted by Crippen LogP contribution is -2.33. The van der Waals surface area contributed by atoms with Crippen LogP contribution < -0.4 is 10.2 Å². The van der Waals surface area contributed by atoms with Crippen LogP contribution in [0.1, 0.15) is 44.7 Å². The third kappa shape index (κ3) is 3.48. The van der Waals surface area contributed by atoms with Gasteiger partial charge in [0, 0.05) is 24.8 Å². The van der Waals surface area contributed by atoms with Crippen LogP contribution in [-0.4, -0.2) is 30.8 Å². The maximum atomic E-state index is 9.94. The number of nitrogens with zero attached hydrogens (tertiary/aromatic N) is 1. The lowest BCUT2D eigenvalue weighted by Gasteiger charge is -2.27. The van der Waals surface area contributed by atoms with Crippen LogP contribution in [-0.2, 0) is 0 Å². The van der Waals surface area contributed by atoms with Gasteiger partial charge in [0.2, 0.25) is 0 Å². The van der Waals surface area contributed by atoms with Crippen molar-refractivity contribution in [3.8, 4) is 0 Å². The molecule has 2 N–H and O–H groups in total. The quantitative estimate of drug-likeness (QED) is 0.856. The highest BCUT2D eigenvalue weighted by Crippen LogP contribution is 2.32. The van der Waals surface area contributed by atoms with E-state index in [4.69, 9.17) is 0 Å². The Morgan fingerprint density at radius 1 is 1.37 bits per heavy atom. The number of nitrogens with one attached hydrogen (secondary N) is 1. The molecule has 1 heterocycles. The molecular weight excluding hydrogens is 236 g/mol. The molecule has 0 aliphatic carbocycles. The molecule has 0 saturated heterocycles. The van der Waals surface area contributed by atoms with E-state index in [1.807, 2.05) is 6.92 Å². The van der Waals surface area contributed by atoms with Gasteiger partial charge in [-0.1, -0.05) is 32.0 Å². The monoisotopic (exact) mass is 262 g/mol. The van der Waals surface area contributed by atoms with Crippen molar-refractivity contribution in [1.29, 1.82) is 0 Å². The molecule has 0 spiro atoms. The highest BCUT2D eigenvalue weighted by atomic mass is 16.3. The van der Waals surface area contributed by atoms with E-state index in [9.17, 15) is 5.11 Å². The number of hydrogen-bond donors (Lipinski definition) is 2. The van der Waals surface area contributed by atoms with Crippen molar-refractivity contribution >= 4 is 5.69 Å². The lowest BCUT2D eigenvalue weighted by atomic mass is 10.0. The fraction of sp³-hybridized carbons (Fsp3) is 0.625. The van der Waals surface area contributed by atoms with Gasteiger partial charge in [-0.05, 0) is 37.4 Å². The first kappa shape index (κ1) is 14.4. The molecule has 1 aromatic carbocycles. The summed E-state index contributed by atoms with van der Waals surface area (Å²) in [7, 11) is 0. The number of rotatable bonds is 5. The zero-order valence-electron chi connectivity index (χ0n) is 12.1. The molecule has 1 aliphatic rings. The second-order valence-corrected chi connectivity index (χ2v) is 5.32. The fourth-order valence-electron chi connectivity index (χ4n) is 2.86. The normalized spacial score (nSPS) is 20.8. The van der Waals surface area contributed by atoms with Crippen molar-refractivity contribution in [1.82, 2.24) is 5.32 Å². The Labute approximate surface area is 116 Å². The van der Waals surface area contributed by atoms with Crippen LogP contribution in [0.2, 0.25) is 0 Å². The largest absolute Gasteiger partial charge is 0.391 e. The van der Waals surface area contributed by atoms with Crippen LogP contribution in [0, 0.1) is 0 Å². The molecule has 106 valence electrons. The Hall–Kier alpha value is -1.06. The molecule has 1 aliphatic heterocycles. The van der Waals surface area contributed by atoms with E-state index in [2.05, 4.69) is 41.4 Å². The van der Waals surface area contributed by atoms with Crippen LogP contribution in [0.5, 0.6) is 0 Å². The molecular formula is C16H26N2O. The molecule has 0 aromatic heterocycles. The average molecular weight is 262 g/mol. The number of hydrogen-bond acceptors (Lipinski definition) is 3. The molecule has 3 heteroatoms. The van der Waals surface area contributed by atoms with Gasteiger partial charge in [-0.2, -0.15) is 0 Å². The van der Waals surface area contributed by atoms with Gasteiger partial charge in [0.25, 0.3) is 0 Å². The second-order valence-electron chi connectivity index (χ2n) is 5.32. The van der Waals surface area contributed by atoms with Crippen molar-refractivity contribution in [2.75, 3.05) is 24.5 Å². The Morgan fingerprint density at radius 3 is 2.89 bits per heavy atom. The van der Waals surface area contributed by atoms with Gasteiger partial charge in [0.1, 0.15) is 0 Å². The first-order chi connectivity index (χ1) is 9.26. The van der Waals surface area contributed by atoms with E-state index in [0.29, 0.717) is 6.04 Å². The molecule has 0 saturated carbocycles. The van der Waals surface area contributed by atoms with E-state index in [0.717, 1.165) is 26.1 Å². The number of para-hydroxylation sites is 1. The predicted octanol–water partition coefficient (Wildman–Crippen LogP) is 2.71. The van der Waals surface area contributed by atoms with E-state index >= 15 is 0 Å². The van der Waals surface area contributed by atoms with Crippen molar-refractivity contribution < 1.29 is 5.11 Å². The van der Waals surface area contributed by atoms with E-state index < -0.39 is 0 Å². The standard InChI is InChI=1S/C16H26N2O/c1-3-13(19)12-18-11-7-9-15(17-4-2)14-8-5-6-10-16(14)18/h5-6,8,10,13,15,17,19H,3-4,7,9,11-12H2,1-2H3. The minimum atomic E-state index is -0.233. The molecule has 3 nitrogen and oxygen atoms in total. The first-order valence-electron chi connectivity index (χ1n) is 7.51. The maximum Gasteiger partial charge on any atom is 0.0712 e. The molecule has 0 fully saturated rings. The van der Waals surface area contributed by atoms with Gasteiger partial charge in [-0.3, -0.25) is 0 Å². The van der Waals surface area contributed by atoms with Gasteiger partial charge in [-0.15, -0.1) is 0 Å². The van der Waals surface area contributed by atoms with Gasteiger partial charge in [0.15, 0.2) is 0 Å². The van der Waals surface area contributed by atoms with E-state index in [1.54, 1.807) is 0 Å². The zero-order chi connectivity index (χ0) is 13.7. The molecule has 1 aromatic rings. The summed E-state index contributed by atoms with van der Waals surface area (Å²) >= 11 is 0. The summed E-state index contributed by atoms with van der Waals surface area (Å²) in [6, 6.07) is 9.07. The molecule has 2 atom stereocenters. The highest BCUT2D eigenvalue weighted by molar-refractivity contribution is 5.56. The zero-order valence-corrected chi connectivity index (χ0v) is 12.1. The maximum absolute atomic E-state index is 9.94. The van der Waals surface area contributed by atoms with Crippen molar-refractivity contribution in [2.45, 2.75) is 45.3 Å². The number of fused-ring (bicyclic) bond motifs is 1. The van der Waals surface area contributed by atoms with Crippen LogP contribution in [0.25, 0.3) is 0 Å². The topological polar surface area (TPSA) is 35.5 Å². The van der Waals surface area contributed by atoms with Crippen molar-refractivity contribution in [2.24, 2.45) is 0 Å². The first-order valence-corrected chi connectivity index (χ1v) is 7.51. The predicted molar refractivity (Wildman–Crippen MR) is 80.6 cm³/mol. The van der Waals surface area contributed by atoms with Gasteiger partial charge >= 0.3 is 0 Å².